The standard InChI is InChI=1S/C31H40O2/c1-22(2)12-9-13-23(3)14-10-15-24(4)16-11-17-25(5)20-21-27-26(6)30(32)28-18-7-8-19-29(28)31(27)33/h7-8,12,14,16,18-20H,9-11,13,15,17,21H2,1-6H3/b23-14-,24-16+,25-20-/i6D3,7D,8D,18D,19D. The van der Waals surface area contributed by atoms with Crippen molar-refractivity contribution in [2.24, 2.45) is 0 Å². The molecule has 1 aromatic carbocycles. The maximum absolute atomic E-state index is 13.4. The molecule has 1 aliphatic carbocycles. The topological polar surface area (TPSA) is 34.1 Å². The van der Waals surface area contributed by atoms with Gasteiger partial charge in [-0.15, -0.1) is 0 Å². The quantitative estimate of drug-likeness (QED) is 0.315. The number of ketones is 2. The van der Waals surface area contributed by atoms with Gasteiger partial charge in [0.15, 0.2) is 11.6 Å². The van der Waals surface area contributed by atoms with Gasteiger partial charge in [0.05, 0.1) is 5.48 Å². The van der Waals surface area contributed by atoms with Crippen LogP contribution in [0.3, 0.4) is 0 Å². The van der Waals surface area contributed by atoms with Crippen LogP contribution in [0.2, 0.25) is 0 Å². The molecule has 0 spiro atoms. The fourth-order valence-corrected chi connectivity index (χ4v) is 3.64. The molecule has 0 amide bonds. The summed E-state index contributed by atoms with van der Waals surface area (Å²) in [6.45, 7) is 7.46. The monoisotopic (exact) mass is 451 g/mol. The number of carbonyl (C=O) groups excluding carboxylic acids is 2. The van der Waals surface area contributed by atoms with Gasteiger partial charge in [0.1, 0.15) is 0 Å². The minimum Gasteiger partial charge on any atom is -0.289 e. The molecule has 1 aromatic rings. The Morgan fingerprint density at radius 2 is 1.24 bits per heavy atom. The maximum atomic E-state index is 13.4. The van der Waals surface area contributed by atoms with Crippen molar-refractivity contribution in [3.8, 4) is 0 Å². The number of Topliss-reactive ketones (excluding diaryl/α,β-unsaturated/α-hetero) is 2. The SMILES string of the molecule is [2H]c1c([2H])c([2H])c2c(c1[2H])C(=O)C(C/C=C(/C)CC/C=C(\C)CC/C=C(/C)CCC=C(C)C)=C(C([2H])([2H])[2H])C2=O. The fourth-order valence-electron chi connectivity index (χ4n) is 3.64. The predicted molar refractivity (Wildman–Crippen MR) is 141 cm³/mol. The van der Waals surface area contributed by atoms with Gasteiger partial charge in [-0.2, -0.15) is 0 Å². The largest absolute Gasteiger partial charge is 0.289 e. The van der Waals surface area contributed by atoms with Crippen molar-refractivity contribution < 1.29 is 19.2 Å². The number of rotatable bonds is 11. The molecule has 33 heavy (non-hydrogen) atoms. The number of hydrogen-bond donors (Lipinski definition) is 0. The highest BCUT2D eigenvalue weighted by Crippen LogP contribution is 2.28. The van der Waals surface area contributed by atoms with E-state index < -0.39 is 59.3 Å². The normalized spacial score (nSPS) is 18.6. The molecule has 0 radical (unpaired) electrons. The Morgan fingerprint density at radius 1 is 0.758 bits per heavy atom. The van der Waals surface area contributed by atoms with Gasteiger partial charge in [-0.25, -0.2) is 0 Å². The van der Waals surface area contributed by atoms with Crippen molar-refractivity contribution in [2.45, 2.75) is 86.4 Å². The van der Waals surface area contributed by atoms with E-state index in [-0.39, 0.29) is 12.0 Å². The van der Waals surface area contributed by atoms with Crippen LogP contribution >= 0.6 is 0 Å². The van der Waals surface area contributed by atoms with Gasteiger partial charge >= 0.3 is 0 Å². The summed E-state index contributed by atoms with van der Waals surface area (Å²) >= 11 is 0. The summed E-state index contributed by atoms with van der Waals surface area (Å²) in [6, 6.07) is -2.64. The molecule has 176 valence electrons. The van der Waals surface area contributed by atoms with Gasteiger partial charge in [-0.1, -0.05) is 70.8 Å². The van der Waals surface area contributed by atoms with E-state index in [1.807, 2.05) is 6.92 Å². The third kappa shape index (κ3) is 8.28. The van der Waals surface area contributed by atoms with E-state index in [1.54, 1.807) is 6.08 Å². The maximum Gasteiger partial charge on any atom is 0.190 e. The van der Waals surface area contributed by atoms with Gasteiger partial charge in [0, 0.05) is 26.4 Å². The number of fused-ring (bicyclic) bond motifs is 1. The Labute approximate surface area is 210 Å². The highest BCUT2D eigenvalue weighted by molar-refractivity contribution is 6.26. The van der Waals surface area contributed by atoms with Crippen LogP contribution in [0.15, 0.2) is 81.9 Å². The lowest BCUT2D eigenvalue weighted by atomic mass is 9.83. The molecule has 0 unspecified atom stereocenters. The van der Waals surface area contributed by atoms with Crippen molar-refractivity contribution in [3.63, 3.8) is 0 Å². The number of allylic oxidation sites excluding steroid dienone is 10. The Bertz CT molecular complexity index is 1320. The van der Waals surface area contributed by atoms with Crippen LogP contribution < -0.4 is 0 Å². The van der Waals surface area contributed by atoms with E-state index >= 15 is 0 Å². The first-order chi connectivity index (χ1) is 18.6. The van der Waals surface area contributed by atoms with Crippen LogP contribution in [-0.4, -0.2) is 11.6 Å². The lowest BCUT2D eigenvalue weighted by Gasteiger charge is -2.18. The first-order valence-corrected chi connectivity index (χ1v) is 11.6. The Balaban J connectivity index is 2.14. The van der Waals surface area contributed by atoms with Crippen molar-refractivity contribution in [1.29, 1.82) is 0 Å². The van der Waals surface area contributed by atoms with Crippen molar-refractivity contribution in [1.82, 2.24) is 0 Å². The molecule has 0 saturated carbocycles. The molecule has 0 saturated heterocycles. The Morgan fingerprint density at radius 3 is 1.76 bits per heavy atom. The minimum atomic E-state index is -2.91. The Kier molecular flexibility index (Phi) is 7.02. The molecule has 2 rings (SSSR count). The molecule has 0 fully saturated rings. The average molecular weight is 452 g/mol. The molecule has 2 nitrogen and oxygen atoms in total. The first kappa shape index (κ1) is 17.7. The molecule has 0 N–H and O–H groups in total. The van der Waals surface area contributed by atoms with E-state index in [1.165, 1.54) is 16.7 Å². The molecule has 1 aliphatic rings. The van der Waals surface area contributed by atoms with Crippen LogP contribution in [0.1, 0.15) is 117 Å². The molecule has 0 aliphatic heterocycles. The number of carbonyl (C=O) groups is 2. The summed E-state index contributed by atoms with van der Waals surface area (Å²) in [7, 11) is 0. The predicted octanol–water partition coefficient (Wildman–Crippen LogP) is 8.92. The van der Waals surface area contributed by atoms with Gasteiger partial charge in [0.25, 0.3) is 0 Å². The van der Waals surface area contributed by atoms with Gasteiger partial charge in [-0.05, 0) is 86.4 Å². The zero-order valence-electron chi connectivity index (χ0n) is 27.6. The van der Waals surface area contributed by atoms with Gasteiger partial charge < -0.3 is 0 Å². The van der Waals surface area contributed by atoms with Crippen LogP contribution in [0.5, 0.6) is 0 Å². The zero-order chi connectivity index (χ0) is 30.4. The number of hydrogen-bond acceptors (Lipinski definition) is 2. The average Bonchev–Trinajstić information content (AvgIpc) is 2.85. The summed E-state index contributed by atoms with van der Waals surface area (Å²) in [5.74, 6) is -1.88. The van der Waals surface area contributed by atoms with Gasteiger partial charge in [0.2, 0.25) is 0 Å². The number of benzene rings is 1. The van der Waals surface area contributed by atoms with Crippen molar-refractivity contribution >= 4 is 11.6 Å². The first-order valence-electron chi connectivity index (χ1n) is 15.1. The van der Waals surface area contributed by atoms with E-state index in [9.17, 15) is 9.59 Å². The van der Waals surface area contributed by atoms with E-state index in [2.05, 4.69) is 45.9 Å². The summed E-state index contributed by atoms with van der Waals surface area (Å²) in [5.41, 5.74) is 3.02. The van der Waals surface area contributed by atoms with Crippen LogP contribution in [-0.2, 0) is 0 Å². The van der Waals surface area contributed by atoms with E-state index in [0.717, 1.165) is 37.7 Å². The fraction of sp³-hybridized carbons (Fsp3) is 0.419. The lowest BCUT2D eigenvalue weighted by molar-refractivity contribution is 0.0973. The molecule has 2 heteroatoms. The van der Waals surface area contributed by atoms with Gasteiger partial charge in [-0.3, -0.25) is 9.59 Å². The summed E-state index contributed by atoms with van der Waals surface area (Å²) < 4.78 is 55.6. The molecule has 0 heterocycles. The second-order valence-corrected chi connectivity index (χ2v) is 9.01. The molecule has 0 aromatic heterocycles. The molecule has 0 atom stereocenters. The molecule has 0 bridgehead atoms. The second kappa shape index (κ2) is 13.1. The van der Waals surface area contributed by atoms with Crippen LogP contribution in [0.25, 0.3) is 0 Å². The highest BCUT2D eigenvalue weighted by Gasteiger charge is 2.28. The minimum absolute atomic E-state index is 0.105. The van der Waals surface area contributed by atoms with Crippen LogP contribution in [0.4, 0.5) is 0 Å². The summed E-state index contributed by atoms with van der Waals surface area (Å²) in [5, 5.41) is 0. The smallest absolute Gasteiger partial charge is 0.190 e. The zero-order valence-corrected chi connectivity index (χ0v) is 20.6. The third-order valence-corrected chi connectivity index (χ3v) is 5.75. The molecular formula is C31H40O2. The van der Waals surface area contributed by atoms with Crippen molar-refractivity contribution in [2.75, 3.05) is 0 Å². The summed E-state index contributed by atoms with van der Waals surface area (Å²) in [4.78, 5) is 26.6. The second-order valence-electron chi connectivity index (χ2n) is 9.01. The Hall–Kier alpha value is -2.74. The van der Waals surface area contributed by atoms with E-state index in [0.29, 0.717) is 6.42 Å². The van der Waals surface area contributed by atoms with E-state index in [4.69, 9.17) is 9.60 Å². The highest BCUT2D eigenvalue weighted by atomic mass is 16.1. The summed E-state index contributed by atoms with van der Waals surface area (Å²) in [6.07, 6.45) is 13.9. The van der Waals surface area contributed by atoms with Crippen LogP contribution in [0, 0.1) is 0 Å². The van der Waals surface area contributed by atoms with Crippen molar-refractivity contribution in [3.05, 3.63) is 93.0 Å². The third-order valence-electron chi connectivity index (χ3n) is 5.75. The molecular weight excluding hydrogens is 404 g/mol. The lowest BCUT2D eigenvalue weighted by Crippen LogP contribution is -2.20.